The molecular weight excluding hydrogens is 544 g/mol. The molecule has 0 unspecified atom stereocenters. The standard InChI is InChI=1S/C32H56O10/c1-3-4-5-6-7-8-9-31-10-12-32(13-11-31)42-29-27-40-25-23-38-21-19-36-17-15-34-14-16-35-18-20-37-22-24-39-26-28-41-30(2)33/h10-13H,3-9,14-29H2,1-2H3. The molecule has 10 heteroatoms. The number of ether oxygens (including phenoxy) is 9. The van der Waals surface area contributed by atoms with Crippen LogP contribution in [-0.4, -0.2) is 112 Å². The van der Waals surface area contributed by atoms with E-state index in [1.165, 1.54) is 51.0 Å². The molecule has 244 valence electrons. The fourth-order valence-electron chi connectivity index (χ4n) is 3.75. The molecule has 0 radical (unpaired) electrons. The highest BCUT2D eigenvalue weighted by molar-refractivity contribution is 5.65. The highest BCUT2D eigenvalue weighted by Crippen LogP contribution is 2.15. The second-order valence-corrected chi connectivity index (χ2v) is 9.64. The van der Waals surface area contributed by atoms with Crippen molar-refractivity contribution in [2.45, 2.75) is 58.8 Å². The van der Waals surface area contributed by atoms with Gasteiger partial charge in [-0.25, -0.2) is 0 Å². The van der Waals surface area contributed by atoms with Crippen molar-refractivity contribution >= 4 is 5.97 Å². The van der Waals surface area contributed by atoms with Gasteiger partial charge in [0.1, 0.15) is 19.0 Å². The predicted molar refractivity (Wildman–Crippen MR) is 161 cm³/mol. The van der Waals surface area contributed by atoms with Crippen LogP contribution < -0.4 is 4.74 Å². The molecule has 10 nitrogen and oxygen atoms in total. The minimum Gasteiger partial charge on any atom is -0.491 e. The summed E-state index contributed by atoms with van der Waals surface area (Å²) < 4.78 is 48.6. The predicted octanol–water partition coefficient (Wildman–Crippen LogP) is 4.65. The number of aryl methyl sites for hydroxylation is 1. The molecule has 0 atom stereocenters. The fourth-order valence-corrected chi connectivity index (χ4v) is 3.75. The lowest BCUT2D eigenvalue weighted by molar-refractivity contribution is -0.142. The van der Waals surface area contributed by atoms with Crippen molar-refractivity contribution in [2.75, 3.05) is 106 Å². The second kappa shape index (κ2) is 30.7. The van der Waals surface area contributed by atoms with Gasteiger partial charge in [0, 0.05) is 6.92 Å². The molecule has 0 amide bonds. The van der Waals surface area contributed by atoms with Crippen LogP contribution in [0.5, 0.6) is 5.75 Å². The van der Waals surface area contributed by atoms with Crippen molar-refractivity contribution in [3.63, 3.8) is 0 Å². The van der Waals surface area contributed by atoms with E-state index in [-0.39, 0.29) is 12.6 Å². The van der Waals surface area contributed by atoms with Crippen molar-refractivity contribution < 1.29 is 47.4 Å². The van der Waals surface area contributed by atoms with Gasteiger partial charge in [-0.1, -0.05) is 51.2 Å². The van der Waals surface area contributed by atoms with Crippen molar-refractivity contribution in [1.29, 1.82) is 0 Å². The van der Waals surface area contributed by atoms with Crippen LogP contribution in [0.3, 0.4) is 0 Å². The second-order valence-electron chi connectivity index (χ2n) is 9.64. The number of hydrogen-bond donors (Lipinski definition) is 0. The fraction of sp³-hybridized carbons (Fsp3) is 0.781. The molecule has 0 saturated heterocycles. The molecule has 0 aliphatic heterocycles. The molecule has 0 spiro atoms. The first kappa shape index (κ1) is 38.2. The Hall–Kier alpha value is -1.79. The van der Waals surface area contributed by atoms with Crippen LogP contribution in [0.2, 0.25) is 0 Å². The van der Waals surface area contributed by atoms with Crippen LogP contribution in [0.25, 0.3) is 0 Å². The Bertz CT molecular complexity index is 701. The lowest BCUT2D eigenvalue weighted by Crippen LogP contribution is -2.15. The van der Waals surface area contributed by atoms with Gasteiger partial charge in [-0.3, -0.25) is 4.79 Å². The lowest BCUT2D eigenvalue weighted by atomic mass is 10.0. The van der Waals surface area contributed by atoms with Gasteiger partial charge in [-0.15, -0.1) is 0 Å². The van der Waals surface area contributed by atoms with Crippen LogP contribution in [0.4, 0.5) is 0 Å². The zero-order valence-electron chi connectivity index (χ0n) is 26.2. The average Bonchev–Trinajstić information content (AvgIpc) is 2.99. The van der Waals surface area contributed by atoms with E-state index in [0.29, 0.717) is 99.1 Å². The first-order chi connectivity index (χ1) is 20.7. The summed E-state index contributed by atoms with van der Waals surface area (Å²) in [5.74, 6) is 0.577. The maximum atomic E-state index is 10.6. The third kappa shape index (κ3) is 27.1. The normalized spacial score (nSPS) is 11.2. The van der Waals surface area contributed by atoms with Crippen LogP contribution in [-0.2, 0) is 49.1 Å². The number of esters is 1. The largest absolute Gasteiger partial charge is 0.491 e. The summed E-state index contributed by atoms with van der Waals surface area (Å²) in [5, 5.41) is 0. The number of rotatable bonds is 32. The van der Waals surface area contributed by atoms with Crippen molar-refractivity contribution in [3.05, 3.63) is 29.8 Å². The summed E-state index contributed by atoms with van der Waals surface area (Å²) in [6.07, 6.45) is 9.09. The zero-order valence-corrected chi connectivity index (χ0v) is 26.2. The Kier molecular flexibility index (Phi) is 27.9. The molecule has 1 aromatic carbocycles. The third-order valence-corrected chi connectivity index (χ3v) is 6.00. The van der Waals surface area contributed by atoms with Crippen molar-refractivity contribution in [1.82, 2.24) is 0 Å². The zero-order chi connectivity index (χ0) is 30.2. The summed E-state index contributed by atoms with van der Waals surface area (Å²) in [6, 6.07) is 8.42. The maximum Gasteiger partial charge on any atom is 0.302 e. The number of benzene rings is 1. The van der Waals surface area contributed by atoms with Gasteiger partial charge in [-0.05, 0) is 30.5 Å². The SMILES string of the molecule is CCCCCCCCc1ccc(OCCOCCOCCOCCOCCOCCOCCOCCOC(C)=O)cc1. The quantitative estimate of drug-likeness (QED) is 0.0858. The van der Waals surface area contributed by atoms with Crippen molar-refractivity contribution in [2.24, 2.45) is 0 Å². The Morgan fingerprint density at radius 3 is 1.31 bits per heavy atom. The van der Waals surface area contributed by atoms with Crippen LogP contribution in [0.15, 0.2) is 24.3 Å². The van der Waals surface area contributed by atoms with E-state index in [0.717, 1.165) is 12.2 Å². The smallest absolute Gasteiger partial charge is 0.302 e. The van der Waals surface area contributed by atoms with E-state index in [9.17, 15) is 4.79 Å². The average molecular weight is 601 g/mol. The van der Waals surface area contributed by atoms with Crippen molar-refractivity contribution in [3.8, 4) is 5.75 Å². The van der Waals surface area contributed by atoms with Gasteiger partial charge >= 0.3 is 5.97 Å². The molecule has 1 aromatic rings. The summed E-state index contributed by atoms with van der Waals surface area (Å²) >= 11 is 0. The van der Waals surface area contributed by atoms with E-state index in [1.807, 2.05) is 12.1 Å². The first-order valence-corrected chi connectivity index (χ1v) is 15.6. The van der Waals surface area contributed by atoms with Gasteiger partial charge in [0.15, 0.2) is 0 Å². The Morgan fingerprint density at radius 2 is 0.881 bits per heavy atom. The van der Waals surface area contributed by atoms with Crippen LogP contribution >= 0.6 is 0 Å². The summed E-state index contributed by atoms with van der Waals surface area (Å²) in [5.41, 5.74) is 1.38. The minimum atomic E-state index is -0.306. The molecule has 42 heavy (non-hydrogen) atoms. The molecule has 0 aromatic heterocycles. The number of hydrogen-bond acceptors (Lipinski definition) is 10. The highest BCUT2D eigenvalue weighted by Gasteiger charge is 1.99. The van der Waals surface area contributed by atoms with E-state index in [4.69, 9.17) is 42.6 Å². The van der Waals surface area contributed by atoms with E-state index < -0.39 is 0 Å². The molecule has 0 aliphatic carbocycles. The maximum absolute atomic E-state index is 10.6. The number of carbonyl (C=O) groups is 1. The van der Waals surface area contributed by atoms with Gasteiger partial charge in [-0.2, -0.15) is 0 Å². The molecule has 0 fully saturated rings. The Morgan fingerprint density at radius 1 is 0.500 bits per heavy atom. The number of unbranched alkanes of at least 4 members (excludes halogenated alkanes) is 5. The van der Waals surface area contributed by atoms with E-state index >= 15 is 0 Å². The van der Waals surface area contributed by atoms with Crippen LogP contribution in [0.1, 0.15) is 57.9 Å². The first-order valence-electron chi connectivity index (χ1n) is 15.6. The van der Waals surface area contributed by atoms with Crippen LogP contribution in [0, 0.1) is 0 Å². The van der Waals surface area contributed by atoms with Gasteiger partial charge in [0.25, 0.3) is 0 Å². The van der Waals surface area contributed by atoms with Gasteiger partial charge in [0.2, 0.25) is 0 Å². The summed E-state index contributed by atoms with van der Waals surface area (Å²) in [7, 11) is 0. The number of carbonyl (C=O) groups excluding carboxylic acids is 1. The summed E-state index contributed by atoms with van der Waals surface area (Å²) in [6.45, 7) is 11.3. The van der Waals surface area contributed by atoms with E-state index in [1.54, 1.807) is 0 Å². The molecule has 1 rings (SSSR count). The molecule has 0 bridgehead atoms. The lowest BCUT2D eigenvalue weighted by Gasteiger charge is -2.09. The van der Waals surface area contributed by atoms with Gasteiger partial charge in [0.05, 0.1) is 92.5 Å². The Labute approximate surface area is 253 Å². The molecule has 0 saturated carbocycles. The minimum absolute atomic E-state index is 0.263. The third-order valence-electron chi connectivity index (χ3n) is 6.00. The van der Waals surface area contributed by atoms with E-state index in [2.05, 4.69) is 19.1 Å². The Balaban J connectivity index is 1.73. The molecule has 0 aliphatic rings. The monoisotopic (exact) mass is 600 g/mol. The summed E-state index contributed by atoms with van der Waals surface area (Å²) in [4.78, 5) is 10.6. The molecule has 0 N–H and O–H groups in total. The topological polar surface area (TPSA) is 100 Å². The highest BCUT2D eigenvalue weighted by atomic mass is 16.6. The molecule has 0 heterocycles. The van der Waals surface area contributed by atoms with Gasteiger partial charge < -0.3 is 42.6 Å². The molecular formula is C32H56O10.